The van der Waals surface area contributed by atoms with Crippen LogP contribution in [-0.4, -0.2) is 39.1 Å². The van der Waals surface area contributed by atoms with Gasteiger partial charge in [-0.15, -0.1) is 0 Å². The lowest BCUT2D eigenvalue weighted by Crippen LogP contribution is -2.29. The van der Waals surface area contributed by atoms with Gasteiger partial charge in [0.1, 0.15) is 5.75 Å². The molecule has 4 nitrogen and oxygen atoms in total. The van der Waals surface area contributed by atoms with Crippen molar-refractivity contribution in [2.45, 2.75) is 5.75 Å². The van der Waals surface area contributed by atoms with Crippen molar-refractivity contribution >= 4 is 27.3 Å². The Bertz CT molecular complexity index is 494. The number of amides is 1. The van der Waals surface area contributed by atoms with Gasteiger partial charge in [0.05, 0.1) is 5.75 Å². The van der Waals surface area contributed by atoms with Gasteiger partial charge in [-0.1, -0.05) is 23.7 Å². The quantitative estimate of drug-likeness (QED) is 0.833. The number of benzene rings is 1. The van der Waals surface area contributed by atoms with Crippen LogP contribution in [0, 0.1) is 0 Å². The van der Waals surface area contributed by atoms with E-state index in [1.807, 2.05) is 0 Å². The Morgan fingerprint density at radius 1 is 1.24 bits per heavy atom. The van der Waals surface area contributed by atoms with Crippen LogP contribution in [0.4, 0.5) is 0 Å². The summed E-state index contributed by atoms with van der Waals surface area (Å²) in [7, 11) is -0.370. The molecule has 1 rings (SSSR count). The van der Waals surface area contributed by atoms with E-state index in [1.54, 1.807) is 24.3 Å². The molecule has 0 aliphatic rings. The lowest BCUT2D eigenvalue weighted by molar-refractivity contribution is -0.125. The summed E-state index contributed by atoms with van der Waals surface area (Å²) in [6, 6.07) is 6.53. The molecule has 0 saturated heterocycles. The predicted octanol–water partition coefficient (Wildman–Crippen LogP) is 1.34. The molecule has 17 heavy (non-hydrogen) atoms. The lowest BCUT2D eigenvalue weighted by atomic mass is 10.2. The molecule has 0 heterocycles. The monoisotopic (exact) mass is 275 g/mol. The van der Waals surface area contributed by atoms with Gasteiger partial charge in [0.2, 0.25) is 5.91 Å². The van der Waals surface area contributed by atoms with E-state index in [9.17, 15) is 13.2 Å². The van der Waals surface area contributed by atoms with Crippen molar-refractivity contribution in [1.82, 2.24) is 4.90 Å². The summed E-state index contributed by atoms with van der Waals surface area (Å²) >= 11 is 5.70. The largest absolute Gasteiger partial charge is 0.348 e. The Kier molecular flexibility index (Phi) is 4.54. The van der Waals surface area contributed by atoms with Crippen LogP contribution in [0.5, 0.6) is 0 Å². The van der Waals surface area contributed by atoms with Crippen LogP contribution in [0.1, 0.15) is 5.56 Å². The molecule has 0 aromatic heterocycles. The van der Waals surface area contributed by atoms with Crippen molar-refractivity contribution in [1.29, 1.82) is 0 Å². The fourth-order valence-electron chi connectivity index (χ4n) is 1.20. The summed E-state index contributed by atoms with van der Waals surface area (Å²) < 4.78 is 23.4. The zero-order chi connectivity index (χ0) is 13.1. The second kappa shape index (κ2) is 5.51. The summed E-state index contributed by atoms with van der Waals surface area (Å²) in [5.74, 6) is -1.04. The van der Waals surface area contributed by atoms with Gasteiger partial charge in [-0.2, -0.15) is 0 Å². The number of rotatable bonds is 4. The molecule has 0 bridgehead atoms. The number of carbonyl (C=O) groups excluding carboxylic acids is 1. The first-order valence-corrected chi connectivity index (χ1v) is 7.15. The number of halogens is 1. The van der Waals surface area contributed by atoms with Crippen LogP contribution in [0.15, 0.2) is 24.3 Å². The molecular weight excluding hydrogens is 262 g/mol. The first-order chi connectivity index (χ1) is 7.80. The van der Waals surface area contributed by atoms with Gasteiger partial charge in [-0.3, -0.25) is 4.79 Å². The molecule has 1 amide bonds. The second-order valence-corrected chi connectivity index (χ2v) is 6.45. The molecule has 0 saturated carbocycles. The molecule has 0 aliphatic heterocycles. The third-order valence-corrected chi connectivity index (χ3v) is 3.85. The fourth-order valence-corrected chi connectivity index (χ4v) is 2.77. The zero-order valence-electron chi connectivity index (χ0n) is 9.68. The summed E-state index contributed by atoms with van der Waals surface area (Å²) in [6.07, 6.45) is 0. The van der Waals surface area contributed by atoms with Gasteiger partial charge in [-0.05, 0) is 17.7 Å². The minimum atomic E-state index is -3.43. The summed E-state index contributed by atoms with van der Waals surface area (Å²) in [5, 5.41) is 0.551. The topological polar surface area (TPSA) is 54.5 Å². The Morgan fingerprint density at radius 2 is 1.76 bits per heavy atom. The highest BCUT2D eigenvalue weighted by molar-refractivity contribution is 7.91. The normalized spacial score (nSPS) is 11.2. The lowest BCUT2D eigenvalue weighted by Gasteiger charge is -2.10. The zero-order valence-corrected chi connectivity index (χ0v) is 11.3. The number of hydrogen-bond donors (Lipinski definition) is 0. The van der Waals surface area contributed by atoms with Gasteiger partial charge in [-0.25, -0.2) is 8.42 Å². The van der Waals surface area contributed by atoms with Gasteiger partial charge >= 0.3 is 0 Å². The molecule has 0 unspecified atom stereocenters. The minimum Gasteiger partial charge on any atom is -0.348 e. The van der Waals surface area contributed by atoms with Crippen molar-refractivity contribution in [3.05, 3.63) is 34.9 Å². The number of carbonyl (C=O) groups is 1. The SMILES string of the molecule is CN(C)C(=O)CS(=O)(=O)Cc1ccc(Cl)cc1. The second-order valence-electron chi connectivity index (χ2n) is 3.95. The molecule has 1 aromatic carbocycles. The van der Waals surface area contributed by atoms with E-state index in [2.05, 4.69) is 0 Å². The summed E-state index contributed by atoms with van der Waals surface area (Å²) in [6.45, 7) is 0. The molecule has 0 radical (unpaired) electrons. The van der Waals surface area contributed by atoms with Crippen molar-refractivity contribution in [2.75, 3.05) is 19.8 Å². The van der Waals surface area contributed by atoms with Gasteiger partial charge in [0, 0.05) is 19.1 Å². The Morgan fingerprint density at radius 3 is 2.24 bits per heavy atom. The number of hydrogen-bond acceptors (Lipinski definition) is 3. The average molecular weight is 276 g/mol. The molecule has 0 aliphatic carbocycles. The fraction of sp³-hybridized carbons (Fsp3) is 0.364. The van der Waals surface area contributed by atoms with Crippen LogP contribution in [0.25, 0.3) is 0 Å². The van der Waals surface area contributed by atoms with E-state index in [4.69, 9.17) is 11.6 Å². The Hall–Kier alpha value is -1.07. The maximum Gasteiger partial charge on any atom is 0.237 e. The first kappa shape index (κ1) is 14.0. The van der Waals surface area contributed by atoms with Crippen molar-refractivity contribution in [2.24, 2.45) is 0 Å². The van der Waals surface area contributed by atoms with Crippen molar-refractivity contribution in [3.8, 4) is 0 Å². The highest BCUT2D eigenvalue weighted by atomic mass is 35.5. The molecule has 1 aromatic rings. The number of nitrogens with zero attached hydrogens (tertiary/aromatic N) is 1. The maximum atomic E-state index is 11.7. The van der Waals surface area contributed by atoms with E-state index < -0.39 is 21.5 Å². The van der Waals surface area contributed by atoms with Gasteiger partial charge in [0.25, 0.3) is 0 Å². The predicted molar refractivity (Wildman–Crippen MR) is 67.6 cm³/mol. The van der Waals surface area contributed by atoms with Crippen molar-refractivity contribution in [3.63, 3.8) is 0 Å². The van der Waals surface area contributed by atoms with Crippen LogP contribution >= 0.6 is 11.6 Å². The molecule has 0 N–H and O–H groups in total. The minimum absolute atomic E-state index is 0.149. The molecule has 0 spiro atoms. The average Bonchev–Trinajstić information content (AvgIpc) is 2.20. The van der Waals surface area contributed by atoms with E-state index in [0.29, 0.717) is 10.6 Å². The molecular formula is C11H14ClNO3S. The summed E-state index contributed by atoms with van der Waals surface area (Å²) in [4.78, 5) is 12.6. The van der Waals surface area contributed by atoms with E-state index in [0.717, 1.165) is 0 Å². The van der Waals surface area contributed by atoms with E-state index >= 15 is 0 Å². The summed E-state index contributed by atoms with van der Waals surface area (Å²) in [5.41, 5.74) is 0.626. The van der Waals surface area contributed by atoms with Crippen LogP contribution < -0.4 is 0 Å². The first-order valence-electron chi connectivity index (χ1n) is 4.95. The molecule has 94 valence electrons. The van der Waals surface area contributed by atoms with Gasteiger partial charge in [0.15, 0.2) is 9.84 Å². The molecule has 6 heteroatoms. The Balaban J connectivity index is 2.73. The van der Waals surface area contributed by atoms with E-state index in [-0.39, 0.29) is 5.75 Å². The standard InChI is InChI=1S/C11H14ClNO3S/c1-13(2)11(14)8-17(15,16)7-9-3-5-10(12)6-4-9/h3-6H,7-8H2,1-2H3. The Labute approximate surface area is 106 Å². The number of sulfone groups is 1. The van der Waals surface area contributed by atoms with Crippen LogP contribution in [0.2, 0.25) is 5.02 Å². The van der Waals surface area contributed by atoms with E-state index in [1.165, 1.54) is 19.0 Å². The van der Waals surface area contributed by atoms with Gasteiger partial charge < -0.3 is 4.90 Å². The highest BCUT2D eigenvalue weighted by Gasteiger charge is 2.18. The van der Waals surface area contributed by atoms with Crippen molar-refractivity contribution < 1.29 is 13.2 Å². The third-order valence-electron chi connectivity index (χ3n) is 2.14. The molecule has 0 fully saturated rings. The van der Waals surface area contributed by atoms with Crippen LogP contribution in [-0.2, 0) is 20.4 Å². The van der Waals surface area contributed by atoms with Crippen LogP contribution in [0.3, 0.4) is 0 Å². The smallest absolute Gasteiger partial charge is 0.237 e. The molecule has 0 atom stereocenters. The highest BCUT2D eigenvalue weighted by Crippen LogP contribution is 2.12. The third kappa shape index (κ3) is 4.75. The maximum absolute atomic E-state index is 11.7.